The fraction of sp³-hybridized carbons (Fsp3) is 0.294. The summed E-state index contributed by atoms with van der Waals surface area (Å²) in [5.74, 6) is 0.571. The molecular weight excluding hydrogens is 312 g/mol. The Morgan fingerprint density at radius 3 is 2.87 bits per heavy atom. The minimum absolute atomic E-state index is 0.0889. The Kier molecular flexibility index (Phi) is 6.31. The molecule has 2 rings (SSSR count). The van der Waals surface area contributed by atoms with Crippen LogP contribution in [0, 0.1) is 6.92 Å². The summed E-state index contributed by atoms with van der Waals surface area (Å²) in [4.78, 5) is 19.1. The standard InChI is InChI=1S/C17H20N2O3S/c1-13-18-11-15(23-13)7-8-17(21)19(9-10-20)12-14-5-3-4-6-16(14)22-2/h3-8,11,20H,9-10,12H2,1-2H3/b8-7+. The van der Waals surface area contributed by atoms with Gasteiger partial charge in [0.05, 0.1) is 18.7 Å². The van der Waals surface area contributed by atoms with Gasteiger partial charge in [-0.2, -0.15) is 0 Å². The molecule has 0 radical (unpaired) electrons. The SMILES string of the molecule is COc1ccccc1CN(CCO)C(=O)/C=C/c1cnc(C)s1. The lowest BCUT2D eigenvalue weighted by Crippen LogP contribution is -2.31. The molecule has 1 N–H and O–H groups in total. The summed E-state index contributed by atoms with van der Waals surface area (Å²) in [5, 5.41) is 10.2. The minimum atomic E-state index is -0.156. The van der Waals surface area contributed by atoms with E-state index >= 15 is 0 Å². The molecule has 5 nitrogen and oxygen atoms in total. The molecule has 122 valence electrons. The molecule has 0 saturated carbocycles. The third kappa shape index (κ3) is 4.91. The molecule has 0 spiro atoms. The molecule has 1 heterocycles. The number of hydrogen-bond donors (Lipinski definition) is 1. The number of benzene rings is 1. The van der Waals surface area contributed by atoms with Crippen LogP contribution in [0.3, 0.4) is 0 Å². The zero-order valence-corrected chi connectivity index (χ0v) is 14.0. The van der Waals surface area contributed by atoms with Gasteiger partial charge in [-0.3, -0.25) is 4.79 Å². The predicted molar refractivity (Wildman–Crippen MR) is 91.4 cm³/mol. The molecule has 1 aromatic carbocycles. The molecule has 0 unspecified atom stereocenters. The first kappa shape index (κ1) is 17.2. The number of aliphatic hydroxyl groups excluding tert-OH is 1. The van der Waals surface area contributed by atoms with Gasteiger partial charge >= 0.3 is 0 Å². The molecule has 0 aliphatic heterocycles. The summed E-state index contributed by atoms with van der Waals surface area (Å²) in [6, 6.07) is 7.54. The summed E-state index contributed by atoms with van der Waals surface area (Å²) in [6.07, 6.45) is 5.00. The van der Waals surface area contributed by atoms with Gasteiger partial charge in [-0.15, -0.1) is 11.3 Å². The van der Waals surface area contributed by atoms with Crippen LogP contribution in [-0.4, -0.2) is 41.2 Å². The quantitative estimate of drug-likeness (QED) is 0.791. The van der Waals surface area contributed by atoms with Crippen LogP contribution in [0.4, 0.5) is 0 Å². The number of para-hydroxylation sites is 1. The summed E-state index contributed by atoms with van der Waals surface area (Å²) in [5.41, 5.74) is 0.902. The van der Waals surface area contributed by atoms with Gasteiger partial charge < -0.3 is 14.7 Å². The largest absolute Gasteiger partial charge is 0.496 e. The summed E-state index contributed by atoms with van der Waals surface area (Å²) in [6.45, 7) is 2.48. The summed E-state index contributed by atoms with van der Waals surface area (Å²) in [7, 11) is 1.60. The number of ether oxygens (including phenoxy) is 1. The Bertz CT molecular complexity index is 682. The molecule has 0 bridgehead atoms. The number of methoxy groups -OCH3 is 1. The molecule has 0 atom stereocenters. The summed E-state index contributed by atoms with van der Waals surface area (Å²) < 4.78 is 5.31. The zero-order valence-electron chi connectivity index (χ0n) is 13.2. The van der Waals surface area contributed by atoms with Crippen LogP contribution in [0.2, 0.25) is 0 Å². The van der Waals surface area contributed by atoms with E-state index in [-0.39, 0.29) is 19.1 Å². The number of aromatic nitrogens is 1. The van der Waals surface area contributed by atoms with Gasteiger partial charge in [0.2, 0.25) is 5.91 Å². The summed E-state index contributed by atoms with van der Waals surface area (Å²) >= 11 is 1.53. The van der Waals surface area contributed by atoms with E-state index in [1.54, 1.807) is 24.3 Å². The molecule has 0 aliphatic rings. The van der Waals surface area contributed by atoms with E-state index in [0.717, 1.165) is 21.2 Å². The molecular formula is C17H20N2O3S. The maximum atomic E-state index is 12.4. The molecule has 23 heavy (non-hydrogen) atoms. The molecule has 0 fully saturated rings. The van der Waals surface area contributed by atoms with E-state index in [4.69, 9.17) is 4.74 Å². The van der Waals surface area contributed by atoms with Gasteiger partial charge in [0.25, 0.3) is 0 Å². The fourth-order valence-corrected chi connectivity index (χ4v) is 2.83. The van der Waals surface area contributed by atoms with Crippen LogP contribution in [-0.2, 0) is 11.3 Å². The number of hydrogen-bond acceptors (Lipinski definition) is 5. The monoisotopic (exact) mass is 332 g/mol. The van der Waals surface area contributed by atoms with Crippen molar-refractivity contribution in [3.8, 4) is 5.75 Å². The first-order chi connectivity index (χ1) is 11.1. The second-order valence-electron chi connectivity index (χ2n) is 4.91. The van der Waals surface area contributed by atoms with E-state index in [1.807, 2.05) is 31.2 Å². The van der Waals surface area contributed by atoms with Crippen LogP contribution < -0.4 is 4.74 Å². The highest BCUT2D eigenvalue weighted by molar-refractivity contribution is 7.12. The average molecular weight is 332 g/mol. The third-order valence-corrected chi connectivity index (χ3v) is 4.14. The number of aryl methyl sites for hydroxylation is 1. The number of rotatable bonds is 7. The van der Waals surface area contributed by atoms with Crippen molar-refractivity contribution >= 4 is 23.3 Å². The molecule has 6 heteroatoms. The smallest absolute Gasteiger partial charge is 0.246 e. The first-order valence-electron chi connectivity index (χ1n) is 7.26. The van der Waals surface area contributed by atoms with Crippen molar-refractivity contribution in [2.45, 2.75) is 13.5 Å². The lowest BCUT2D eigenvalue weighted by Gasteiger charge is -2.21. The van der Waals surface area contributed by atoms with Gasteiger partial charge in [0.1, 0.15) is 5.75 Å². The van der Waals surface area contributed by atoms with Gasteiger partial charge in [-0.05, 0) is 19.1 Å². The van der Waals surface area contributed by atoms with Gasteiger partial charge in [0.15, 0.2) is 0 Å². The van der Waals surface area contributed by atoms with Crippen molar-refractivity contribution < 1.29 is 14.6 Å². The van der Waals surface area contributed by atoms with Crippen LogP contribution in [0.25, 0.3) is 6.08 Å². The maximum Gasteiger partial charge on any atom is 0.246 e. The molecule has 1 aromatic heterocycles. The Labute approximate surface area is 139 Å². The van der Waals surface area contributed by atoms with E-state index in [1.165, 1.54) is 17.4 Å². The average Bonchev–Trinajstić information content (AvgIpc) is 2.98. The third-order valence-electron chi connectivity index (χ3n) is 3.26. The molecule has 0 saturated heterocycles. The normalized spacial score (nSPS) is 10.9. The van der Waals surface area contributed by atoms with Crippen molar-refractivity contribution in [1.29, 1.82) is 0 Å². The Morgan fingerprint density at radius 1 is 1.43 bits per heavy atom. The van der Waals surface area contributed by atoms with Crippen molar-refractivity contribution in [2.75, 3.05) is 20.3 Å². The minimum Gasteiger partial charge on any atom is -0.496 e. The topological polar surface area (TPSA) is 62.7 Å². The number of aliphatic hydroxyl groups is 1. The van der Waals surface area contributed by atoms with Crippen LogP contribution in [0.5, 0.6) is 5.75 Å². The highest BCUT2D eigenvalue weighted by atomic mass is 32.1. The van der Waals surface area contributed by atoms with Crippen molar-refractivity contribution in [3.63, 3.8) is 0 Å². The highest BCUT2D eigenvalue weighted by Crippen LogP contribution is 2.19. The van der Waals surface area contributed by atoms with Crippen LogP contribution >= 0.6 is 11.3 Å². The number of carbonyl (C=O) groups excluding carboxylic acids is 1. The fourth-order valence-electron chi connectivity index (χ4n) is 2.14. The Balaban J connectivity index is 2.10. The molecule has 1 amide bonds. The van der Waals surface area contributed by atoms with Crippen molar-refractivity contribution in [3.05, 3.63) is 52.0 Å². The molecule has 0 aliphatic carbocycles. The Hall–Kier alpha value is -2.18. The van der Waals surface area contributed by atoms with Crippen molar-refractivity contribution in [1.82, 2.24) is 9.88 Å². The second kappa shape index (κ2) is 8.45. The van der Waals surface area contributed by atoms with Crippen LogP contribution in [0.1, 0.15) is 15.4 Å². The molecule has 2 aromatic rings. The number of thiazole rings is 1. The number of nitrogens with zero attached hydrogens (tertiary/aromatic N) is 2. The zero-order chi connectivity index (χ0) is 16.7. The maximum absolute atomic E-state index is 12.4. The van der Waals surface area contributed by atoms with Crippen LogP contribution in [0.15, 0.2) is 36.5 Å². The lowest BCUT2D eigenvalue weighted by atomic mass is 10.2. The van der Waals surface area contributed by atoms with Gasteiger partial charge in [-0.1, -0.05) is 18.2 Å². The first-order valence-corrected chi connectivity index (χ1v) is 8.08. The highest BCUT2D eigenvalue weighted by Gasteiger charge is 2.13. The van der Waals surface area contributed by atoms with Gasteiger partial charge in [-0.25, -0.2) is 4.98 Å². The predicted octanol–water partition coefficient (Wildman–Crippen LogP) is 2.49. The Morgan fingerprint density at radius 2 is 2.22 bits per heavy atom. The van der Waals surface area contributed by atoms with E-state index < -0.39 is 0 Å². The number of amides is 1. The lowest BCUT2D eigenvalue weighted by molar-refractivity contribution is -0.127. The number of carbonyl (C=O) groups is 1. The van der Waals surface area contributed by atoms with E-state index in [0.29, 0.717) is 6.54 Å². The van der Waals surface area contributed by atoms with E-state index in [2.05, 4.69) is 4.98 Å². The van der Waals surface area contributed by atoms with Crippen molar-refractivity contribution in [2.24, 2.45) is 0 Å². The second-order valence-corrected chi connectivity index (χ2v) is 6.18. The van der Waals surface area contributed by atoms with Gasteiger partial charge in [0, 0.05) is 35.8 Å². The van der Waals surface area contributed by atoms with E-state index in [9.17, 15) is 9.90 Å².